The van der Waals surface area contributed by atoms with E-state index in [1.165, 1.54) is 16.6 Å². The molecular formula is C20H22N4O2S2. The number of nitrogens with zero attached hydrogens (tertiary/aromatic N) is 3. The summed E-state index contributed by atoms with van der Waals surface area (Å²) in [4.78, 5) is 13.6. The molecule has 0 unspecified atom stereocenters. The van der Waals surface area contributed by atoms with Gasteiger partial charge in [-0.05, 0) is 36.8 Å². The second kappa shape index (κ2) is 9.57. The van der Waals surface area contributed by atoms with E-state index in [2.05, 4.69) is 40.5 Å². The summed E-state index contributed by atoms with van der Waals surface area (Å²) in [6, 6.07) is 9.37. The van der Waals surface area contributed by atoms with Crippen molar-refractivity contribution in [1.29, 1.82) is 0 Å². The molecule has 0 aliphatic rings. The maximum atomic E-state index is 12.3. The molecule has 0 saturated heterocycles. The molecule has 3 rings (SSSR count). The highest BCUT2D eigenvalue weighted by Crippen LogP contribution is 2.28. The number of aromatic nitrogens is 3. The van der Waals surface area contributed by atoms with Crippen molar-refractivity contribution in [2.24, 2.45) is 0 Å². The molecule has 0 aliphatic carbocycles. The monoisotopic (exact) mass is 414 g/mol. The molecule has 0 atom stereocenters. The van der Waals surface area contributed by atoms with Crippen molar-refractivity contribution >= 4 is 34.7 Å². The molecule has 0 fully saturated rings. The SMILES string of the molecule is C=CCn1c(SCC(=O)Nc2ccc(OC)cc2)nnc1-c1csc(CC)c1. The molecule has 1 aromatic carbocycles. The highest BCUT2D eigenvalue weighted by Gasteiger charge is 2.16. The Morgan fingerprint density at radius 1 is 1.36 bits per heavy atom. The first-order valence-corrected chi connectivity index (χ1v) is 10.7. The number of hydrogen-bond donors (Lipinski definition) is 1. The molecule has 8 heteroatoms. The summed E-state index contributed by atoms with van der Waals surface area (Å²) in [6.07, 6.45) is 2.80. The Kier molecular flexibility index (Phi) is 6.89. The highest BCUT2D eigenvalue weighted by molar-refractivity contribution is 7.99. The normalized spacial score (nSPS) is 10.6. The van der Waals surface area contributed by atoms with Crippen molar-refractivity contribution < 1.29 is 9.53 Å². The summed E-state index contributed by atoms with van der Waals surface area (Å²) in [5.41, 5.74) is 1.77. The number of thioether (sulfide) groups is 1. The van der Waals surface area contributed by atoms with Gasteiger partial charge in [-0.2, -0.15) is 0 Å². The third kappa shape index (κ3) is 4.82. The van der Waals surface area contributed by atoms with Gasteiger partial charge in [-0.25, -0.2) is 0 Å². The maximum Gasteiger partial charge on any atom is 0.234 e. The Bertz CT molecular complexity index is 948. The van der Waals surface area contributed by atoms with E-state index in [-0.39, 0.29) is 11.7 Å². The van der Waals surface area contributed by atoms with Crippen molar-refractivity contribution in [2.45, 2.75) is 25.0 Å². The van der Waals surface area contributed by atoms with Crippen LogP contribution >= 0.6 is 23.1 Å². The number of ether oxygens (including phenoxy) is 1. The van der Waals surface area contributed by atoms with Gasteiger partial charge in [-0.3, -0.25) is 9.36 Å². The molecule has 0 spiro atoms. The van der Waals surface area contributed by atoms with Crippen LogP contribution in [0, 0.1) is 0 Å². The molecule has 28 heavy (non-hydrogen) atoms. The van der Waals surface area contributed by atoms with Crippen molar-refractivity contribution in [3.63, 3.8) is 0 Å². The smallest absolute Gasteiger partial charge is 0.234 e. The Hall–Kier alpha value is -2.58. The van der Waals surface area contributed by atoms with Gasteiger partial charge in [-0.15, -0.1) is 28.1 Å². The lowest BCUT2D eigenvalue weighted by atomic mass is 10.2. The van der Waals surface area contributed by atoms with Gasteiger partial charge in [0.15, 0.2) is 11.0 Å². The largest absolute Gasteiger partial charge is 0.497 e. The average molecular weight is 415 g/mol. The van der Waals surface area contributed by atoms with Crippen molar-refractivity contribution in [2.75, 3.05) is 18.2 Å². The first-order chi connectivity index (χ1) is 13.6. The number of allylic oxidation sites excluding steroid dienone is 1. The van der Waals surface area contributed by atoms with E-state index in [1.807, 2.05) is 16.7 Å². The van der Waals surface area contributed by atoms with Crippen molar-refractivity contribution in [3.8, 4) is 17.1 Å². The lowest BCUT2D eigenvalue weighted by Gasteiger charge is -2.08. The number of benzene rings is 1. The van der Waals surface area contributed by atoms with Crippen LogP contribution in [0.3, 0.4) is 0 Å². The first-order valence-electron chi connectivity index (χ1n) is 8.83. The van der Waals surface area contributed by atoms with Crippen molar-refractivity contribution in [1.82, 2.24) is 14.8 Å². The Morgan fingerprint density at radius 2 is 2.14 bits per heavy atom. The fourth-order valence-corrected chi connectivity index (χ4v) is 4.15. The summed E-state index contributed by atoms with van der Waals surface area (Å²) >= 11 is 3.07. The van der Waals surface area contributed by atoms with E-state index in [9.17, 15) is 4.79 Å². The van der Waals surface area contributed by atoms with E-state index in [0.29, 0.717) is 11.7 Å². The number of amides is 1. The predicted octanol–water partition coefficient (Wildman–Crippen LogP) is 4.49. The van der Waals surface area contributed by atoms with E-state index in [0.717, 1.165) is 29.2 Å². The number of carbonyl (C=O) groups excluding carboxylic acids is 1. The minimum Gasteiger partial charge on any atom is -0.497 e. The standard InChI is InChI=1S/C20H22N4O2S2/c1-4-10-24-19(14-11-17(5-2)27-12-14)22-23-20(24)28-13-18(25)21-15-6-8-16(26-3)9-7-15/h4,6-9,11-12H,1,5,10,13H2,2-3H3,(H,21,25). The zero-order chi connectivity index (χ0) is 19.9. The third-order valence-corrected chi connectivity index (χ3v) is 6.04. The van der Waals surface area contributed by atoms with Crippen LogP contribution in [-0.2, 0) is 17.8 Å². The molecular weight excluding hydrogens is 392 g/mol. The lowest BCUT2D eigenvalue weighted by molar-refractivity contribution is -0.113. The van der Waals surface area contributed by atoms with Gasteiger partial charge in [0, 0.05) is 28.1 Å². The summed E-state index contributed by atoms with van der Waals surface area (Å²) in [6.45, 7) is 6.54. The van der Waals surface area contributed by atoms with Gasteiger partial charge in [0.2, 0.25) is 5.91 Å². The highest BCUT2D eigenvalue weighted by atomic mass is 32.2. The van der Waals surface area contributed by atoms with E-state index in [4.69, 9.17) is 4.74 Å². The second-order valence-corrected chi connectivity index (χ2v) is 7.86. The Balaban J connectivity index is 1.67. The van der Waals surface area contributed by atoms with Gasteiger partial charge >= 0.3 is 0 Å². The van der Waals surface area contributed by atoms with Crippen LogP contribution in [0.1, 0.15) is 11.8 Å². The van der Waals surface area contributed by atoms with Crippen LogP contribution in [0.15, 0.2) is 53.5 Å². The second-order valence-electron chi connectivity index (χ2n) is 5.93. The topological polar surface area (TPSA) is 69.0 Å². The van der Waals surface area contributed by atoms with E-state index in [1.54, 1.807) is 36.7 Å². The summed E-state index contributed by atoms with van der Waals surface area (Å²) < 4.78 is 7.11. The zero-order valence-corrected chi connectivity index (χ0v) is 17.5. The van der Waals surface area contributed by atoms with Crippen LogP contribution in [0.4, 0.5) is 5.69 Å². The van der Waals surface area contributed by atoms with Crippen LogP contribution in [0.2, 0.25) is 0 Å². The number of methoxy groups -OCH3 is 1. The molecule has 0 radical (unpaired) electrons. The average Bonchev–Trinajstić information content (AvgIpc) is 3.34. The third-order valence-electron chi connectivity index (χ3n) is 4.00. The summed E-state index contributed by atoms with van der Waals surface area (Å²) in [5.74, 6) is 1.69. The van der Waals surface area contributed by atoms with Gasteiger partial charge in [0.25, 0.3) is 0 Å². The van der Waals surface area contributed by atoms with Gasteiger partial charge in [-0.1, -0.05) is 24.8 Å². The van der Waals surface area contributed by atoms with Crippen LogP contribution < -0.4 is 10.1 Å². The van der Waals surface area contributed by atoms with Crippen LogP contribution in [-0.4, -0.2) is 33.5 Å². The quantitative estimate of drug-likeness (QED) is 0.413. The minimum atomic E-state index is -0.103. The summed E-state index contributed by atoms with van der Waals surface area (Å²) in [7, 11) is 1.61. The lowest BCUT2D eigenvalue weighted by Crippen LogP contribution is -2.14. The van der Waals surface area contributed by atoms with Crippen LogP contribution in [0.25, 0.3) is 11.4 Å². The molecule has 6 nitrogen and oxygen atoms in total. The molecule has 1 amide bonds. The van der Waals surface area contributed by atoms with Gasteiger partial charge in [0.1, 0.15) is 5.75 Å². The van der Waals surface area contributed by atoms with Crippen LogP contribution in [0.5, 0.6) is 5.75 Å². The number of aryl methyl sites for hydroxylation is 1. The molecule has 2 aromatic heterocycles. The van der Waals surface area contributed by atoms with Crippen molar-refractivity contribution in [3.05, 3.63) is 53.2 Å². The van der Waals surface area contributed by atoms with Gasteiger partial charge in [0.05, 0.1) is 12.9 Å². The summed E-state index contributed by atoms with van der Waals surface area (Å²) in [5, 5.41) is 14.3. The maximum absolute atomic E-state index is 12.3. The predicted molar refractivity (Wildman–Crippen MR) is 115 cm³/mol. The molecule has 3 aromatic rings. The Labute approximate surface area is 172 Å². The molecule has 1 N–H and O–H groups in total. The zero-order valence-electron chi connectivity index (χ0n) is 15.8. The minimum absolute atomic E-state index is 0.103. The molecule has 0 aliphatic heterocycles. The number of rotatable bonds is 9. The van der Waals surface area contributed by atoms with E-state index >= 15 is 0 Å². The molecule has 146 valence electrons. The first kappa shape index (κ1) is 20.2. The molecule has 0 saturated carbocycles. The van der Waals surface area contributed by atoms with Gasteiger partial charge < -0.3 is 10.1 Å². The fraction of sp³-hybridized carbons (Fsp3) is 0.250. The molecule has 2 heterocycles. The number of anilines is 1. The number of hydrogen-bond acceptors (Lipinski definition) is 6. The van der Waals surface area contributed by atoms with E-state index < -0.39 is 0 Å². The Morgan fingerprint density at radius 3 is 2.79 bits per heavy atom. The molecule has 0 bridgehead atoms. The number of carbonyl (C=O) groups is 1. The number of thiophene rings is 1. The number of nitrogens with one attached hydrogen (secondary N) is 1. The fourth-order valence-electron chi connectivity index (χ4n) is 2.59.